The Balaban J connectivity index is 1.37. The molecule has 1 N–H and O–H groups in total. The number of ether oxygens (including phenoxy) is 1. The maximum atomic E-state index is 13.2. The molecule has 2 aromatic carbocycles. The molecule has 0 spiro atoms. The van der Waals surface area contributed by atoms with E-state index in [9.17, 15) is 18.8 Å². The van der Waals surface area contributed by atoms with Crippen LogP contribution in [0.25, 0.3) is 0 Å². The fraction of sp³-hybridized carbons (Fsp3) is 0.400. The van der Waals surface area contributed by atoms with Crippen molar-refractivity contribution in [3.63, 3.8) is 0 Å². The monoisotopic (exact) mass is 454 g/mol. The van der Waals surface area contributed by atoms with Crippen molar-refractivity contribution in [2.24, 2.45) is 0 Å². The Morgan fingerprint density at radius 3 is 2.30 bits per heavy atom. The number of benzene rings is 2. The van der Waals surface area contributed by atoms with E-state index >= 15 is 0 Å². The number of quaternary nitrogens is 1. The van der Waals surface area contributed by atoms with Gasteiger partial charge in [0.15, 0.2) is 6.04 Å². The number of carbonyl (C=O) groups excluding carboxylic acids is 3. The lowest BCUT2D eigenvalue weighted by Gasteiger charge is -2.35. The third-order valence-corrected chi connectivity index (χ3v) is 6.33. The first-order chi connectivity index (χ1) is 16.0. The Morgan fingerprint density at radius 2 is 1.67 bits per heavy atom. The van der Waals surface area contributed by atoms with Crippen LogP contribution in [0.4, 0.5) is 15.8 Å². The number of imide groups is 1. The van der Waals surface area contributed by atoms with Gasteiger partial charge in [0.25, 0.3) is 5.91 Å². The SMILES string of the molecule is CCCCOC(=O)c1ccc(N2C(=O)C[C@@H]([NH+]3CCN(c4ccc(F)cc4)CC3)C2=O)cc1. The molecule has 7 nitrogen and oxygen atoms in total. The van der Waals surface area contributed by atoms with Crippen molar-refractivity contribution in [2.45, 2.75) is 32.2 Å². The molecule has 4 rings (SSSR count). The molecular weight excluding hydrogens is 425 g/mol. The van der Waals surface area contributed by atoms with Gasteiger partial charge >= 0.3 is 5.97 Å². The molecule has 2 aliphatic rings. The number of anilines is 2. The Morgan fingerprint density at radius 1 is 1.03 bits per heavy atom. The van der Waals surface area contributed by atoms with E-state index in [-0.39, 0.29) is 24.1 Å². The number of hydrogen-bond donors (Lipinski definition) is 1. The van der Waals surface area contributed by atoms with Crippen LogP contribution in [-0.2, 0) is 14.3 Å². The topological polar surface area (TPSA) is 71.4 Å². The number of hydrogen-bond acceptors (Lipinski definition) is 5. The third-order valence-electron chi connectivity index (χ3n) is 6.33. The third kappa shape index (κ3) is 5.06. The van der Waals surface area contributed by atoms with Gasteiger partial charge in [-0.1, -0.05) is 13.3 Å². The quantitative estimate of drug-likeness (QED) is 0.393. The fourth-order valence-electron chi connectivity index (χ4n) is 4.41. The minimum absolute atomic E-state index is 0.172. The van der Waals surface area contributed by atoms with Crippen molar-refractivity contribution < 1.29 is 28.4 Å². The normalized spacial score (nSPS) is 19.3. The molecule has 2 aliphatic heterocycles. The number of unbranched alkanes of at least 4 members (excludes halogenated alkanes) is 1. The molecule has 8 heteroatoms. The Hall–Kier alpha value is -3.26. The van der Waals surface area contributed by atoms with Gasteiger partial charge in [-0.2, -0.15) is 0 Å². The van der Waals surface area contributed by atoms with Crippen LogP contribution in [0, 0.1) is 5.82 Å². The summed E-state index contributed by atoms with van der Waals surface area (Å²) in [5.41, 5.74) is 1.83. The van der Waals surface area contributed by atoms with Gasteiger partial charge in [0.05, 0.1) is 50.5 Å². The Bertz CT molecular complexity index is 1000. The average Bonchev–Trinajstić information content (AvgIpc) is 3.13. The number of nitrogens with one attached hydrogen (secondary N) is 1. The van der Waals surface area contributed by atoms with Crippen molar-refractivity contribution in [3.05, 3.63) is 59.9 Å². The molecule has 0 saturated carbocycles. The van der Waals surface area contributed by atoms with E-state index < -0.39 is 12.0 Å². The minimum Gasteiger partial charge on any atom is -0.462 e. The number of rotatable bonds is 7. The summed E-state index contributed by atoms with van der Waals surface area (Å²) < 4.78 is 18.4. The van der Waals surface area contributed by atoms with Gasteiger partial charge in [-0.3, -0.25) is 9.59 Å². The summed E-state index contributed by atoms with van der Waals surface area (Å²) in [7, 11) is 0. The fourth-order valence-corrected chi connectivity index (χ4v) is 4.41. The van der Waals surface area contributed by atoms with Gasteiger partial charge in [-0.25, -0.2) is 14.1 Å². The van der Waals surface area contributed by atoms with Crippen LogP contribution >= 0.6 is 0 Å². The van der Waals surface area contributed by atoms with Gasteiger partial charge in [0, 0.05) is 5.69 Å². The van der Waals surface area contributed by atoms with E-state index in [1.54, 1.807) is 36.4 Å². The zero-order chi connectivity index (χ0) is 23.4. The second kappa shape index (κ2) is 10.1. The predicted molar refractivity (Wildman–Crippen MR) is 122 cm³/mol. The number of piperazine rings is 1. The highest BCUT2D eigenvalue weighted by atomic mass is 19.1. The van der Waals surface area contributed by atoms with Crippen molar-refractivity contribution >= 4 is 29.2 Å². The van der Waals surface area contributed by atoms with Crippen LogP contribution in [0.3, 0.4) is 0 Å². The first kappa shape index (κ1) is 22.9. The minimum atomic E-state index is -0.411. The molecule has 2 fully saturated rings. The molecule has 33 heavy (non-hydrogen) atoms. The van der Waals surface area contributed by atoms with E-state index in [4.69, 9.17) is 4.74 Å². The molecule has 2 aromatic rings. The first-order valence-electron chi connectivity index (χ1n) is 11.5. The lowest BCUT2D eigenvalue weighted by atomic mass is 10.1. The van der Waals surface area contributed by atoms with E-state index in [2.05, 4.69) is 4.90 Å². The molecule has 0 bridgehead atoms. The number of carbonyl (C=O) groups is 3. The van der Waals surface area contributed by atoms with Gasteiger partial charge in [0.2, 0.25) is 5.91 Å². The summed E-state index contributed by atoms with van der Waals surface area (Å²) in [6, 6.07) is 12.4. The molecule has 0 radical (unpaired) electrons. The molecule has 2 heterocycles. The lowest BCUT2D eigenvalue weighted by molar-refractivity contribution is -0.915. The maximum Gasteiger partial charge on any atom is 0.338 e. The standard InChI is InChI=1S/C25H28FN3O4/c1-2-3-16-33-25(32)18-4-8-21(9-5-18)29-23(30)17-22(24(29)31)28-14-12-27(13-15-28)20-10-6-19(26)7-11-20/h4-11,22H,2-3,12-17H2,1H3/p+1/t22-/m1/s1. The van der Waals surface area contributed by atoms with Gasteiger partial charge in [0.1, 0.15) is 5.82 Å². The van der Waals surface area contributed by atoms with Crippen molar-refractivity contribution in [3.8, 4) is 0 Å². The highest BCUT2D eigenvalue weighted by Gasteiger charge is 2.46. The summed E-state index contributed by atoms with van der Waals surface area (Å²) >= 11 is 0. The lowest BCUT2D eigenvalue weighted by Crippen LogP contribution is -3.19. The molecule has 0 aliphatic carbocycles. The van der Waals surface area contributed by atoms with Crippen molar-refractivity contribution in [1.29, 1.82) is 0 Å². The summed E-state index contributed by atoms with van der Waals surface area (Å²) in [6.45, 7) is 5.29. The smallest absolute Gasteiger partial charge is 0.338 e. The number of nitrogens with zero attached hydrogens (tertiary/aromatic N) is 2. The van der Waals surface area contributed by atoms with E-state index in [0.29, 0.717) is 17.9 Å². The highest BCUT2D eigenvalue weighted by Crippen LogP contribution is 2.23. The van der Waals surface area contributed by atoms with E-state index in [0.717, 1.165) is 49.6 Å². The average molecular weight is 455 g/mol. The van der Waals surface area contributed by atoms with Crippen LogP contribution in [-0.4, -0.2) is 56.6 Å². The largest absolute Gasteiger partial charge is 0.462 e. The number of halogens is 1. The first-order valence-corrected chi connectivity index (χ1v) is 11.5. The molecule has 0 aromatic heterocycles. The zero-order valence-corrected chi connectivity index (χ0v) is 18.8. The van der Waals surface area contributed by atoms with Crippen LogP contribution < -0.4 is 14.7 Å². The molecule has 1 atom stereocenters. The van der Waals surface area contributed by atoms with Crippen LogP contribution in [0.2, 0.25) is 0 Å². The summed E-state index contributed by atoms with van der Waals surface area (Å²) in [5, 5.41) is 0. The van der Waals surface area contributed by atoms with Gasteiger partial charge < -0.3 is 14.5 Å². The summed E-state index contributed by atoms with van der Waals surface area (Å²) in [6.07, 6.45) is 1.92. The number of esters is 1. The van der Waals surface area contributed by atoms with Crippen LogP contribution in [0.15, 0.2) is 48.5 Å². The van der Waals surface area contributed by atoms with Crippen molar-refractivity contribution in [2.75, 3.05) is 42.6 Å². The van der Waals surface area contributed by atoms with Gasteiger partial charge in [-0.15, -0.1) is 0 Å². The van der Waals surface area contributed by atoms with E-state index in [1.807, 2.05) is 6.92 Å². The van der Waals surface area contributed by atoms with Crippen LogP contribution in [0.5, 0.6) is 0 Å². The molecule has 0 unspecified atom stereocenters. The Kier molecular flexibility index (Phi) is 7.03. The predicted octanol–water partition coefficient (Wildman–Crippen LogP) is 1.82. The Labute approximate surface area is 192 Å². The van der Waals surface area contributed by atoms with Crippen molar-refractivity contribution in [1.82, 2.24) is 0 Å². The second-order valence-electron chi connectivity index (χ2n) is 8.48. The van der Waals surface area contributed by atoms with Gasteiger partial charge in [-0.05, 0) is 55.0 Å². The summed E-state index contributed by atoms with van der Waals surface area (Å²) in [4.78, 5) is 42.4. The summed E-state index contributed by atoms with van der Waals surface area (Å²) in [5.74, 6) is -1.10. The molecule has 2 saturated heterocycles. The second-order valence-corrected chi connectivity index (χ2v) is 8.48. The highest BCUT2D eigenvalue weighted by molar-refractivity contribution is 6.22. The number of amides is 2. The maximum absolute atomic E-state index is 13.2. The van der Waals surface area contributed by atoms with Crippen LogP contribution in [0.1, 0.15) is 36.5 Å². The molecule has 2 amide bonds. The van der Waals surface area contributed by atoms with E-state index in [1.165, 1.54) is 17.0 Å². The zero-order valence-electron chi connectivity index (χ0n) is 18.8. The molecule has 174 valence electrons. The molecular formula is C25H29FN3O4+.